The summed E-state index contributed by atoms with van der Waals surface area (Å²) >= 11 is 0. The minimum Gasteiger partial charge on any atom is -0.493 e. The van der Waals surface area contributed by atoms with E-state index in [9.17, 15) is 5.11 Å². The maximum absolute atomic E-state index is 9.94. The first-order chi connectivity index (χ1) is 9.22. The third-order valence-electron chi connectivity index (χ3n) is 3.20. The second-order valence-electron chi connectivity index (χ2n) is 4.51. The Morgan fingerprint density at radius 1 is 1.32 bits per heavy atom. The average molecular weight is 260 g/mol. The summed E-state index contributed by atoms with van der Waals surface area (Å²) in [6.45, 7) is 2.53. The fraction of sp³-hybridized carbons (Fsp3) is 0.400. The molecule has 0 unspecified atom stereocenters. The minimum absolute atomic E-state index is 0.465. The maximum Gasteiger partial charge on any atom is 0.125 e. The molecule has 2 rings (SSSR count). The topological polar surface area (TPSA) is 47.3 Å². The molecule has 0 saturated heterocycles. The van der Waals surface area contributed by atoms with Gasteiger partial charge in [-0.15, -0.1) is 0 Å². The van der Waals surface area contributed by atoms with Gasteiger partial charge in [-0.1, -0.05) is 25.1 Å². The van der Waals surface area contributed by atoms with Crippen molar-refractivity contribution in [1.82, 2.24) is 9.78 Å². The van der Waals surface area contributed by atoms with Crippen LogP contribution in [0.4, 0.5) is 0 Å². The quantitative estimate of drug-likeness (QED) is 0.868. The first-order valence-electron chi connectivity index (χ1n) is 6.59. The molecule has 0 aliphatic rings. The van der Waals surface area contributed by atoms with E-state index in [1.165, 1.54) is 0 Å². The SMILES string of the molecule is CC[C@@H](O)c1ccccc1OCCc1ccnn1C. The summed E-state index contributed by atoms with van der Waals surface area (Å²) in [5.74, 6) is 0.763. The molecule has 4 heteroatoms. The molecule has 19 heavy (non-hydrogen) atoms. The van der Waals surface area contributed by atoms with Gasteiger partial charge in [0.05, 0.1) is 12.7 Å². The van der Waals surface area contributed by atoms with Gasteiger partial charge in [-0.3, -0.25) is 4.68 Å². The molecule has 0 saturated carbocycles. The zero-order valence-corrected chi connectivity index (χ0v) is 11.4. The van der Waals surface area contributed by atoms with E-state index in [2.05, 4.69) is 5.10 Å². The molecule has 0 spiro atoms. The summed E-state index contributed by atoms with van der Waals surface area (Å²) in [5, 5.41) is 14.1. The highest BCUT2D eigenvalue weighted by atomic mass is 16.5. The largest absolute Gasteiger partial charge is 0.493 e. The number of aliphatic hydroxyl groups is 1. The van der Waals surface area contributed by atoms with Gasteiger partial charge < -0.3 is 9.84 Å². The van der Waals surface area contributed by atoms with Crippen LogP contribution >= 0.6 is 0 Å². The van der Waals surface area contributed by atoms with Crippen molar-refractivity contribution >= 4 is 0 Å². The number of hydrogen-bond acceptors (Lipinski definition) is 3. The lowest BCUT2D eigenvalue weighted by Crippen LogP contribution is -2.08. The zero-order chi connectivity index (χ0) is 13.7. The number of ether oxygens (including phenoxy) is 1. The second-order valence-corrected chi connectivity index (χ2v) is 4.51. The van der Waals surface area contributed by atoms with Crippen LogP contribution in [0, 0.1) is 0 Å². The van der Waals surface area contributed by atoms with E-state index in [0.29, 0.717) is 13.0 Å². The third kappa shape index (κ3) is 3.35. The molecule has 0 fully saturated rings. The first kappa shape index (κ1) is 13.6. The molecule has 0 bridgehead atoms. The van der Waals surface area contributed by atoms with Crippen molar-refractivity contribution in [1.29, 1.82) is 0 Å². The molecule has 0 amide bonds. The van der Waals surface area contributed by atoms with Crippen LogP contribution in [0.2, 0.25) is 0 Å². The molecule has 1 aromatic heterocycles. The van der Waals surface area contributed by atoms with Gasteiger partial charge in [0.15, 0.2) is 0 Å². The van der Waals surface area contributed by atoms with Crippen LogP contribution in [0.1, 0.15) is 30.7 Å². The Morgan fingerprint density at radius 3 is 2.79 bits per heavy atom. The summed E-state index contributed by atoms with van der Waals surface area (Å²) in [6, 6.07) is 9.63. The summed E-state index contributed by atoms with van der Waals surface area (Å²) < 4.78 is 7.63. The molecule has 0 radical (unpaired) electrons. The Hall–Kier alpha value is -1.81. The van der Waals surface area contributed by atoms with Crippen molar-refractivity contribution in [2.75, 3.05) is 6.61 Å². The summed E-state index contributed by atoms with van der Waals surface area (Å²) in [4.78, 5) is 0. The molecule has 0 aliphatic carbocycles. The lowest BCUT2D eigenvalue weighted by Gasteiger charge is -2.14. The number of hydrogen-bond donors (Lipinski definition) is 1. The van der Waals surface area contributed by atoms with Gasteiger partial charge in [0, 0.05) is 30.9 Å². The number of aliphatic hydroxyl groups excluding tert-OH is 1. The van der Waals surface area contributed by atoms with Crippen LogP contribution in [-0.4, -0.2) is 21.5 Å². The third-order valence-corrected chi connectivity index (χ3v) is 3.20. The molecular formula is C15H20N2O2. The average Bonchev–Trinajstić information content (AvgIpc) is 2.84. The van der Waals surface area contributed by atoms with Crippen LogP contribution in [-0.2, 0) is 13.5 Å². The van der Waals surface area contributed by atoms with Gasteiger partial charge in [-0.05, 0) is 18.6 Å². The minimum atomic E-state index is -0.465. The van der Waals surface area contributed by atoms with Gasteiger partial charge in [-0.2, -0.15) is 5.10 Å². The molecule has 0 aliphatic heterocycles. The highest BCUT2D eigenvalue weighted by Crippen LogP contribution is 2.26. The van der Waals surface area contributed by atoms with E-state index in [4.69, 9.17) is 4.74 Å². The van der Waals surface area contributed by atoms with Crippen molar-refractivity contribution in [2.45, 2.75) is 25.9 Å². The van der Waals surface area contributed by atoms with Crippen molar-refractivity contribution in [2.24, 2.45) is 7.05 Å². The molecule has 1 atom stereocenters. The van der Waals surface area contributed by atoms with Crippen LogP contribution < -0.4 is 4.74 Å². The van der Waals surface area contributed by atoms with E-state index in [1.807, 2.05) is 49.0 Å². The zero-order valence-electron chi connectivity index (χ0n) is 11.4. The van der Waals surface area contributed by atoms with Gasteiger partial charge in [0.1, 0.15) is 5.75 Å². The van der Waals surface area contributed by atoms with E-state index in [-0.39, 0.29) is 0 Å². The summed E-state index contributed by atoms with van der Waals surface area (Å²) in [6.07, 6.45) is 2.80. The van der Waals surface area contributed by atoms with Crippen LogP contribution in [0.3, 0.4) is 0 Å². The van der Waals surface area contributed by atoms with Crippen LogP contribution in [0.15, 0.2) is 36.5 Å². The molecule has 102 valence electrons. The highest BCUT2D eigenvalue weighted by Gasteiger charge is 2.11. The molecule has 1 N–H and O–H groups in total. The Labute approximate surface area is 113 Å². The second kappa shape index (κ2) is 6.38. The Balaban J connectivity index is 1.98. The maximum atomic E-state index is 9.94. The summed E-state index contributed by atoms with van der Waals surface area (Å²) in [7, 11) is 1.92. The number of para-hydroxylation sites is 1. The monoisotopic (exact) mass is 260 g/mol. The smallest absolute Gasteiger partial charge is 0.125 e. The first-order valence-corrected chi connectivity index (χ1v) is 6.59. The van der Waals surface area contributed by atoms with Gasteiger partial charge in [0.25, 0.3) is 0 Å². The van der Waals surface area contributed by atoms with Crippen molar-refractivity contribution in [3.63, 3.8) is 0 Å². The Morgan fingerprint density at radius 2 is 2.11 bits per heavy atom. The lowest BCUT2D eigenvalue weighted by atomic mass is 10.1. The predicted molar refractivity (Wildman–Crippen MR) is 74.1 cm³/mol. The van der Waals surface area contributed by atoms with Gasteiger partial charge in [0.2, 0.25) is 0 Å². The summed E-state index contributed by atoms with van der Waals surface area (Å²) in [5.41, 5.74) is 1.99. The molecule has 2 aromatic rings. The number of aryl methyl sites for hydroxylation is 1. The van der Waals surface area contributed by atoms with Crippen molar-refractivity contribution < 1.29 is 9.84 Å². The van der Waals surface area contributed by atoms with E-state index in [1.54, 1.807) is 6.20 Å². The van der Waals surface area contributed by atoms with Crippen molar-refractivity contribution in [3.8, 4) is 5.75 Å². The number of benzene rings is 1. The number of rotatable bonds is 6. The van der Waals surface area contributed by atoms with Gasteiger partial charge in [-0.25, -0.2) is 0 Å². The molecule has 1 aromatic carbocycles. The number of nitrogens with zero attached hydrogens (tertiary/aromatic N) is 2. The van der Waals surface area contributed by atoms with E-state index < -0.39 is 6.10 Å². The van der Waals surface area contributed by atoms with Crippen molar-refractivity contribution in [3.05, 3.63) is 47.8 Å². The lowest BCUT2D eigenvalue weighted by molar-refractivity contribution is 0.167. The molecule has 1 heterocycles. The van der Waals surface area contributed by atoms with Gasteiger partial charge >= 0.3 is 0 Å². The van der Waals surface area contributed by atoms with Crippen LogP contribution in [0.5, 0.6) is 5.75 Å². The van der Waals surface area contributed by atoms with E-state index >= 15 is 0 Å². The van der Waals surface area contributed by atoms with Crippen LogP contribution in [0.25, 0.3) is 0 Å². The Bertz CT molecular complexity index is 522. The Kier molecular flexibility index (Phi) is 4.58. The fourth-order valence-electron chi connectivity index (χ4n) is 2.02. The fourth-order valence-corrected chi connectivity index (χ4v) is 2.02. The predicted octanol–water partition coefficient (Wildman–Crippen LogP) is 2.49. The molecule has 4 nitrogen and oxygen atoms in total. The highest BCUT2D eigenvalue weighted by molar-refractivity contribution is 5.35. The molecular weight excluding hydrogens is 240 g/mol. The van der Waals surface area contributed by atoms with E-state index in [0.717, 1.165) is 23.4 Å². The normalized spacial score (nSPS) is 12.4. The standard InChI is InChI=1S/C15H20N2O2/c1-3-14(18)13-6-4-5-7-15(13)19-11-9-12-8-10-16-17(12)2/h4-8,10,14,18H,3,9,11H2,1-2H3/t14-/m1/s1. The number of aromatic nitrogens is 2.